The van der Waals surface area contributed by atoms with Gasteiger partial charge in [0.15, 0.2) is 0 Å². The molecule has 196 valence electrons. The molecule has 3 nitrogen and oxygen atoms in total. The van der Waals surface area contributed by atoms with E-state index in [1.54, 1.807) is 6.26 Å². The predicted molar refractivity (Wildman–Crippen MR) is 153 cm³/mol. The third kappa shape index (κ3) is 28.6. The van der Waals surface area contributed by atoms with Crippen LogP contribution in [0, 0.1) is 11.8 Å². The smallest absolute Gasteiger partial charge is 0.133 e. The number of benzene rings is 1. The number of furan rings is 1. The summed E-state index contributed by atoms with van der Waals surface area (Å²) < 4.78 is 5.12. The molecule has 0 amide bonds. The second kappa shape index (κ2) is 30.7. The standard InChI is InChI=1S/C8H6O.2C7H16.C4H10N2.2C2H6/c1-2-4-8-7(3-1)5-6-9-8;2*1-4-5-6-7(2)3;1-2-4-6-5-3-1;2*1-2/h1-6H;2*7H,4-6H2,1-3H3;5-6H,1-4H2;2*1-2H3. The number of fused-ring (bicyclic) bond motifs is 1. The van der Waals surface area contributed by atoms with Gasteiger partial charge in [0.2, 0.25) is 0 Å². The Bertz CT molecular complexity index is 505. The third-order valence-corrected chi connectivity index (χ3v) is 4.61. The lowest BCUT2D eigenvalue weighted by Crippen LogP contribution is -2.37. The van der Waals surface area contributed by atoms with Crippen molar-refractivity contribution in [3.8, 4) is 0 Å². The van der Waals surface area contributed by atoms with Gasteiger partial charge in [0.1, 0.15) is 5.58 Å². The monoisotopic (exact) mass is 464 g/mol. The van der Waals surface area contributed by atoms with Gasteiger partial charge in [-0.25, -0.2) is 0 Å². The molecule has 0 saturated carbocycles. The average Bonchev–Trinajstić information content (AvgIpc) is 3.35. The van der Waals surface area contributed by atoms with E-state index in [-0.39, 0.29) is 0 Å². The van der Waals surface area contributed by atoms with Crippen LogP contribution in [-0.4, -0.2) is 13.1 Å². The molecule has 2 N–H and O–H groups in total. The molecule has 0 unspecified atom stereocenters. The quantitative estimate of drug-likeness (QED) is 0.446. The van der Waals surface area contributed by atoms with Gasteiger partial charge < -0.3 is 4.42 Å². The van der Waals surface area contributed by atoms with Crippen molar-refractivity contribution < 1.29 is 4.42 Å². The summed E-state index contributed by atoms with van der Waals surface area (Å²) in [6, 6.07) is 9.90. The Morgan fingerprint density at radius 1 is 0.727 bits per heavy atom. The van der Waals surface area contributed by atoms with Crippen molar-refractivity contribution in [3.63, 3.8) is 0 Å². The fourth-order valence-electron chi connectivity index (χ4n) is 2.73. The maximum atomic E-state index is 5.12. The summed E-state index contributed by atoms with van der Waals surface area (Å²) in [5.74, 6) is 1.81. The number of unbranched alkanes of at least 4 members (excludes halogenated alkanes) is 2. The minimum atomic E-state index is 0.903. The van der Waals surface area contributed by atoms with Gasteiger partial charge in [0.05, 0.1) is 6.26 Å². The summed E-state index contributed by atoms with van der Waals surface area (Å²) >= 11 is 0. The third-order valence-electron chi connectivity index (χ3n) is 4.61. The number of nitrogens with one attached hydrogen (secondary N) is 2. The van der Waals surface area contributed by atoms with Crippen molar-refractivity contribution in [2.75, 3.05) is 13.1 Å². The normalized spacial score (nSPS) is 11.9. The lowest BCUT2D eigenvalue weighted by molar-refractivity contribution is 0.443. The average molecular weight is 465 g/mol. The van der Waals surface area contributed by atoms with E-state index in [1.165, 1.54) is 51.4 Å². The largest absolute Gasteiger partial charge is 0.464 e. The Balaban J connectivity index is -0.000000349. The Kier molecular flexibility index (Phi) is 33.7. The first-order valence-corrected chi connectivity index (χ1v) is 13.9. The van der Waals surface area contributed by atoms with Gasteiger partial charge >= 0.3 is 0 Å². The lowest BCUT2D eigenvalue weighted by Gasteiger charge is -2.10. The van der Waals surface area contributed by atoms with Gasteiger partial charge in [-0.1, -0.05) is 126 Å². The zero-order chi connectivity index (χ0) is 25.7. The van der Waals surface area contributed by atoms with Gasteiger partial charge in [-0.2, -0.15) is 0 Å². The molecule has 3 rings (SSSR count). The molecule has 0 atom stereocenters. The van der Waals surface area contributed by atoms with E-state index in [9.17, 15) is 0 Å². The summed E-state index contributed by atoms with van der Waals surface area (Å²) in [6.45, 7) is 23.8. The van der Waals surface area contributed by atoms with Crippen LogP contribution in [0.25, 0.3) is 11.0 Å². The highest BCUT2D eigenvalue weighted by Gasteiger charge is 1.92. The van der Waals surface area contributed by atoms with Crippen molar-refractivity contribution in [2.45, 2.75) is 121 Å². The molecule has 1 aromatic heterocycles. The van der Waals surface area contributed by atoms with E-state index >= 15 is 0 Å². The van der Waals surface area contributed by atoms with Gasteiger partial charge in [0, 0.05) is 18.5 Å². The summed E-state index contributed by atoms with van der Waals surface area (Å²) in [5.41, 5.74) is 7.03. The Morgan fingerprint density at radius 2 is 1.18 bits per heavy atom. The molecule has 33 heavy (non-hydrogen) atoms. The van der Waals surface area contributed by atoms with Crippen LogP contribution >= 0.6 is 0 Å². The van der Waals surface area contributed by atoms with Crippen LogP contribution in [0.15, 0.2) is 41.0 Å². The number of rotatable bonds is 6. The number of hydrogen-bond acceptors (Lipinski definition) is 3. The van der Waals surface area contributed by atoms with Crippen LogP contribution in [0.2, 0.25) is 0 Å². The van der Waals surface area contributed by atoms with Gasteiger partial charge in [0.25, 0.3) is 0 Å². The first-order chi connectivity index (χ1) is 16.0. The zero-order valence-electron chi connectivity index (χ0n) is 24.1. The van der Waals surface area contributed by atoms with Gasteiger partial charge in [-0.05, 0) is 36.8 Å². The minimum absolute atomic E-state index is 0.903. The molecular weight excluding hydrogens is 404 g/mol. The van der Waals surface area contributed by atoms with E-state index in [4.69, 9.17) is 4.42 Å². The second-order valence-electron chi connectivity index (χ2n) is 8.59. The van der Waals surface area contributed by atoms with Crippen LogP contribution in [0.3, 0.4) is 0 Å². The van der Waals surface area contributed by atoms with E-state index in [0.29, 0.717) is 0 Å². The van der Waals surface area contributed by atoms with E-state index in [2.05, 4.69) is 52.4 Å². The summed E-state index contributed by atoms with van der Waals surface area (Å²) in [7, 11) is 0. The van der Waals surface area contributed by atoms with E-state index in [0.717, 1.165) is 35.9 Å². The highest BCUT2D eigenvalue weighted by molar-refractivity contribution is 5.76. The Hall–Kier alpha value is -1.32. The summed E-state index contributed by atoms with van der Waals surface area (Å²) in [5, 5.41) is 1.16. The molecule has 0 aliphatic carbocycles. The number of hydrazine groups is 1. The van der Waals surface area contributed by atoms with Crippen LogP contribution in [0.1, 0.15) is 121 Å². The molecule has 1 aromatic carbocycles. The van der Waals surface area contributed by atoms with E-state index < -0.39 is 0 Å². The predicted octanol–water partition coefficient (Wildman–Crippen LogP) is 10.0. The fourth-order valence-corrected chi connectivity index (χ4v) is 2.73. The Morgan fingerprint density at radius 3 is 1.48 bits per heavy atom. The number of para-hydroxylation sites is 1. The summed E-state index contributed by atoms with van der Waals surface area (Å²) in [4.78, 5) is 0. The van der Waals surface area contributed by atoms with Crippen LogP contribution in [0.5, 0.6) is 0 Å². The van der Waals surface area contributed by atoms with Crippen molar-refractivity contribution in [2.24, 2.45) is 11.8 Å². The van der Waals surface area contributed by atoms with Crippen LogP contribution in [-0.2, 0) is 0 Å². The first-order valence-electron chi connectivity index (χ1n) is 13.9. The second-order valence-corrected chi connectivity index (χ2v) is 8.59. The zero-order valence-corrected chi connectivity index (χ0v) is 24.1. The Labute approximate surface area is 208 Å². The maximum Gasteiger partial charge on any atom is 0.133 e. The van der Waals surface area contributed by atoms with Gasteiger partial charge in [-0.3, -0.25) is 10.9 Å². The van der Waals surface area contributed by atoms with Gasteiger partial charge in [-0.15, -0.1) is 0 Å². The topological polar surface area (TPSA) is 37.2 Å². The molecule has 1 aliphatic heterocycles. The van der Waals surface area contributed by atoms with Crippen molar-refractivity contribution >= 4 is 11.0 Å². The first kappa shape index (κ1) is 36.3. The maximum absolute atomic E-state index is 5.12. The van der Waals surface area contributed by atoms with Crippen molar-refractivity contribution in [1.29, 1.82) is 0 Å². The molecule has 1 saturated heterocycles. The molecule has 2 aromatic rings. The van der Waals surface area contributed by atoms with Crippen LogP contribution in [0.4, 0.5) is 0 Å². The van der Waals surface area contributed by atoms with Crippen molar-refractivity contribution in [3.05, 3.63) is 36.6 Å². The molecule has 1 fully saturated rings. The molecule has 2 heterocycles. The lowest BCUT2D eigenvalue weighted by atomic mass is 10.1. The SMILES string of the molecule is C1CCNNC1.CC.CC.CCCCC(C)C.CCCCC(C)C.c1ccc2occc2c1. The molecule has 0 radical (unpaired) electrons. The fraction of sp³-hybridized carbons (Fsp3) is 0.733. The molecule has 0 spiro atoms. The molecule has 3 heteroatoms. The highest BCUT2D eigenvalue weighted by atomic mass is 16.3. The van der Waals surface area contributed by atoms with E-state index in [1.807, 2.05) is 58.0 Å². The number of hydrogen-bond donors (Lipinski definition) is 2. The molecule has 0 bridgehead atoms. The minimum Gasteiger partial charge on any atom is -0.464 e. The molecule has 1 aliphatic rings. The summed E-state index contributed by atoms with van der Waals surface area (Å²) in [6.07, 6.45) is 12.6. The van der Waals surface area contributed by atoms with Crippen LogP contribution < -0.4 is 10.9 Å². The molecular formula is C30H60N2O. The highest BCUT2D eigenvalue weighted by Crippen LogP contribution is 2.12. The van der Waals surface area contributed by atoms with Crippen molar-refractivity contribution in [1.82, 2.24) is 10.9 Å².